The van der Waals surface area contributed by atoms with Crippen molar-refractivity contribution in [3.63, 3.8) is 0 Å². The number of nitrogens with zero attached hydrogens (tertiary/aromatic N) is 1. The maximum absolute atomic E-state index is 12.8. The van der Waals surface area contributed by atoms with E-state index in [0.29, 0.717) is 26.1 Å². The molecule has 2 aromatic carbocycles. The summed E-state index contributed by atoms with van der Waals surface area (Å²) in [5.41, 5.74) is 1.32. The Morgan fingerprint density at radius 1 is 1.10 bits per heavy atom. The molecule has 2 aromatic rings. The molecule has 0 aromatic heterocycles. The molecule has 0 unspecified atom stereocenters. The average Bonchev–Trinajstić information content (AvgIpc) is 2.69. The minimum atomic E-state index is -3.75. The van der Waals surface area contributed by atoms with Crippen LogP contribution >= 0.6 is 11.6 Å². The van der Waals surface area contributed by atoms with Crippen LogP contribution in [0.3, 0.4) is 0 Å². The highest BCUT2D eigenvalue weighted by Crippen LogP contribution is 2.26. The fourth-order valence-corrected chi connectivity index (χ4v) is 4.93. The summed E-state index contributed by atoms with van der Waals surface area (Å²) in [4.78, 5) is 12.5. The lowest BCUT2D eigenvalue weighted by atomic mass is 10.1. The normalized spacial score (nSPS) is 11.7. The number of ether oxygens (including phenoxy) is 1. The van der Waals surface area contributed by atoms with Gasteiger partial charge in [-0.05, 0) is 56.2 Å². The third-order valence-electron chi connectivity index (χ3n) is 4.51. The molecule has 0 spiro atoms. The summed E-state index contributed by atoms with van der Waals surface area (Å²) in [6.07, 6.45) is 0.760. The minimum absolute atomic E-state index is 0.0544. The van der Waals surface area contributed by atoms with E-state index < -0.39 is 10.0 Å². The van der Waals surface area contributed by atoms with Gasteiger partial charge in [0.25, 0.3) is 5.91 Å². The lowest BCUT2D eigenvalue weighted by Gasteiger charge is -2.19. The van der Waals surface area contributed by atoms with Crippen LogP contribution in [-0.4, -0.2) is 44.4 Å². The molecule has 164 valence electrons. The number of hydrogen-bond acceptors (Lipinski definition) is 4. The molecule has 2 rings (SSSR count). The first-order chi connectivity index (χ1) is 14.2. The summed E-state index contributed by atoms with van der Waals surface area (Å²) >= 11 is 6.12. The zero-order chi connectivity index (χ0) is 22.3. The minimum Gasteiger partial charge on any atom is -0.491 e. The van der Waals surface area contributed by atoms with Crippen molar-refractivity contribution in [2.45, 2.75) is 45.1 Å². The number of hydrogen-bond donors (Lipinski definition) is 1. The van der Waals surface area contributed by atoms with Crippen molar-refractivity contribution in [1.82, 2.24) is 9.62 Å². The molecular weight excluding hydrogens is 424 g/mol. The lowest BCUT2D eigenvalue weighted by Crippen LogP contribution is -2.31. The molecule has 0 aliphatic heterocycles. The fourth-order valence-electron chi connectivity index (χ4n) is 2.97. The first-order valence-corrected chi connectivity index (χ1v) is 11.8. The molecule has 6 nitrogen and oxygen atoms in total. The van der Waals surface area contributed by atoms with Crippen molar-refractivity contribution in [2.75, 3.05) is 19.6 Å². The second-order valence-corrected chi connectivity index (χ2v) is 9.36. The maximum atomic E-state index is 12.8. The van der Waals surface area contributed by atoms with Crippen molar-refractivity contribution < 1.29 is 17.9 Å². The molecule has 8 heteroatoms. The van der Waals surface area contributed by atoms with Crippen LogP contribution in [-0.2, 0) is 16.4 Å². The van der Waals surface area contributed by atoms with Gasteiger partial charge in [0.2, 0.25) is 10.0 Å². The SMILES string of the molecule is CCN(CC)S(=O)(=O)c1cc(C(=O)NCCc2ccc(OC(C)C)cc2)ccc1Cl. The van der Waals surface area contributed by atoms with Crippen molar-refractivity contribution in [3.05, 3.63) is 58.6 Å². The Kier molecular flexibility index (Phi) is 8.70. The van der Waals surface area contributed by atoms with Crippen LogP contribution in [0, 0.1) is 0 Å². The lowest BCUT2D eigenvalue weighted by molar-refractivity contribution is 0.0954. The highest BCUT2D eigenvalue weighted by Gasteiger charge is 2.25. The molecule has 0 saturated carbocycles. The number of halogens is 1. The molecule has 1 amide bonds. The monoisotopic (exact) mass is 452 g/mol. The van der Waals surface area contributed by atoms with E-state index in [1.165, 1.54) is 22.5 Å². The van der Waals surface area contributed by atoms with E-state index in [1.807, 2.05) is 38.1 Å². The Morgan fingerprint density at radius 3 is 2.30 bits per heavy atom. The zero-order valence-electron chi connectivity index (χ0n) is 17.8. The summed E-state index contributed by atoms with van der Waals surface area (Å²) < 4.78 is 32.5. The molecule has 1 N–H and O–H groups in total. The Labute approximate surface area is 184 Å². The Morgan fingerprint density at radius 2 is 1.73 bits per heavy atom. The number of nitrogens with one attached hydrogen (secondary N) is 1. The first-order valence-electron chi connectivity index (χ1n) is 10.0. The molecule has 0 atom stereocenters. The number of sulfonamides is 1. The van der Waals surface area contributed by atoms with Crippen LogP contribution in [0.2, 0.25) is 5.02 Å². The standard InChI is InChI=1S/C22H29ClN2O4S/c1-5-25(6-2)30(27,28)21-15-18(9-12-20(21)23)22(26)24-14-13-17-7-10-19(11-8-17)29-16(3)4/h7-12,15-16H,5-6,13-14H2,1-4H3,(H,24,26). The van der Waals surface area contributed by atoms with Gasteiger partial charge in [0.05, 0.1) is 11.1 Å². The van der Waals surface area contributed by atoms with Gasteiger partial charge in [0.1, 0.15) is 10.6 Å². The van der Waals surface area contributed by atoms with Crippen LogP contribution in [0.1, 0.15) is 43.6 Å². The molecule has 0 fully saturated rings. The second-order valence-electron chi connectivity index (χ2n) is 7.05. The van der Waals surface area contributed by atoms with Crippen molar-refractivity contribution in [3.8, 4) is 5.75 Å². The fraction of sp³-hybridized carbons (Fsp3) is 0.409. The summed E-state index contributed by atoms with van der Waals surface area (Å²) in [7, 11) is -3.75. The van der Waals surface area contributed by atoms with Gasteiger partial charge in [0, 0.05) is 25.2 Å². The van der Waals surface area contributed by atoms with Crippen LogP contribution in [0.25, 0.3) is 0 Å². The van der Waals surface area contributed by atoms with Crippen LogP contribution in [0.4, 0.5) is 0 Å². The van der Waals surface area contributed by atoms with Crippen molar-refractivity contribution in [1.29, 1.82) is 0 Å². The number of benzene rings is 2. The summed E-state index contributed by atoms with van der Waals surface area (Å²) in [5.74, 6) is 0.461. The molecule has 0 saturated heterocycles. The highest BCUT2D eigenvalue weighted by atomic mass is 35.5. The van der Waals surface area contributed by atoms with E-state index >= 15 is 0 Å². The van der Waals surface area contributed by atoms with Gasteiger partial charge >= 0.3 is 0 Å². The summed E-state index contributed by atoms with van der Waals surface area (Å²) in [6, 6.07) is 12.0. The van der Waals surface area contributed by atoms with Crippen molar-refractivity contribution in [2.24, 2.45) is 0 Å². The largest absolute Gasteiger partial charge is 0.491 e. The predicted octanol–water partition coefficient (Wildman–Crippen LogP) is 4.13. The average molecular weight is 453 g/mol. The number of rotatable bonds is 10. The van der Waals surface area contributed by atoms with E-state index in [1.54, 1.807) is 13.8 Å². The quantitative estimate of drug-likeness (QED) is 0.588. The van der Waals surface area contributed by atoms with Gasteiger partial charge in [-0.15, -0.1) is 0 Å². The summed E-state index contributed by atoms with van der Waals surface area (Å²) in [5, 5.41) is 2.93. The van der Waals surface area contributed by atoms with Gasteiger partial charge in [-0.25, -0.2) is 8.42 Å². The highest BCUT2D eigenvalue weighted by molar-refractivity contribution is 7.89. The Balaban J connectivity index is 2.04. The molecule has 0 aliphatic carbocycles. The van der Waals surface area contributed by atoms with Crippen LogP contribution < -0.4 is 10.1 Å². The van der Waals surface area contributed by atoms with Gasteiger partial charge in [-0.2, -0.15) is 4.31 Å². The van der Waals surface area contributed by atoms with Gasteiger partial charge in [-0.3, -0.25) is 4.79 Å². The van der Waals surface area contributed by atoms with E-state index in [9.17, 15) is 13.2 Å². The zero-order valence-corrected chi connectivity index (χ0v) is 19.4. The Hall–Kier alpha value is -2.09. The molecule has 0 heterocycles. The van der Waals surface area contributed by atoms with Crippen LogP contribution in [0.15, 0.2) is 47.4 Å². The van der Waals surface area contributed by atoms with E-state index in [4.69, 9.17) is 16.3 Å². The van der Waals surface area contributed by atoms with E-state index in [2.05, 4.69) is 5.32 Å². The Bertz CT molecular complexity index is 956. The molecule has 0 bridgehead atoms. The molecular formula is C22H29ClN2O4S. The molecule has 0 radical (unpaired) electrons. The van der Waals surface area contributed by atoms with E-state index in [-0.39, 0.29) is 27.5 Å². The number of carbonyl (C=O) groups is 1. The van der Waals surface area contributed by atoms with Crippen LogP contribution in [0.5, 0.6) is 5.75 Å². The smallest absolute Gasteiger partial charge is 0.251 e. The third kappa shape index (κ3) is 6.20. The maximum Gasteiger partial charge on any atom is 0.251 e. The van der Waals surface area contributed by atoms with Gasteiger partial charge in [0.15, 0.2) is 0 Å². The van der Waals surface area contributed by atoms with Gasteiger partial charge < -0.3 is 10.1 Å². The first kappa shape index (κ1) is 24.2. The molecule has 30 heavy (non-hydrogen) atoms. The van der Waals surface area contributed by atoms with Crippen molar-refractivity contribution >= 4 is 27.5 Å². The second kappa shape index (κ2) is 10.8. The molecule has 0 aliphatic rings. The third-order valence-corrected chi connectivity index (χ3v) is 7.04. The number of carbonyl (C=O) groups excluding carboxylic acids is 1. The van der Waals surface area contributed by atoms with E-state index in [0.717, 1.165) is 11.3 Å². The summed E-state index contributed by atoms with van der Waals surface area (Å²) in [6.45, 7) is 8.53. The van der Waals surface area contributed by atoms with Gasteiger partial charge in [-0.1, -0.05) is 37.6 Å². The number of amides is 1. The topological polar surface area (TPSA) is 75.7 Å². The predicted molar refractivity (Wildman–Crippen MR) is 120 cm³/mol.